The Morgan fingerprint density at radius 1 is 1.06 bits per heavy atom. The van der Waals surface area contributed by atoms with Crippen molar-refractivity contribution in [3.8, 4) is 0 Å². The number of amides is 2. The molecule has 1 fully saturated rings. The summed E-state index contributed by atoms with van der Waals surface area (Å²) in [5.41, 5.74) is 0.942. The van der Waals surface area contributed by atoms with Crippen molar-refractivity contribution in [2.75, 3.05) is 18.8 Å². The highest BCUT2D eigenvalue weighted by atomic mass is 32.2. The van der Waals surface area contributed by atoms with Crippen LogP contribution in [0.5, 0.6) is 0 Å². The van der Waals surface area contributed by atoms with Gasteiger partial charge in [0.05, 0.1) is 13.1 Å². The highest BCUT2D eigenvalue weighted by Crippen LogP contribution is 2.48. The number of benzene rings is 2. The molecule has 1 aromatic heterocycles. The maximum Gasteiger partial charge on any atom is 0.407 e. The highest BCUT2D eigenvalue weighted by molar-refractivity contribution is 8.13. The predicted molar refractivity (Wildman–Crippen MR) is 132 cm³/mol. The molecule has 33 heavy (non-hydrogen) atoms. The molecule has 6 nitrogen and oxygen atoms in total. The van der Waals surface area contributed by atoms with Crippen LogP contribution >= 0.6 is 23.1 Å². The van der Waals surface area contributed by atoms with Crippen LogP contribution in [0.4, 0.5) is 4.79 Å². The summed E-state index contributed by atoms with van der Waals surface area (Å²) in [5.74, 6) is 0.651. The number of rotatable bonds is 4. The van der Waals surface area contributed by atoms with Gasteiger partial charge in [-0.3, -0.25) is 9.69 Å². The predicted octanol–water partition coefficient (Wildman–Crippen LogP) is 5.00. The largest absolute Gasteiger partial charge is 0.465 e. The fourth-order valence-corrected chi connectivity index (χ4v) is 6.67. The Balaban J connectivity index is 1.58. The van der Waals surface area contributed by atoms with Crippen molar-refractivity contribution in [1.82, 2.24) is 9.80 Å². The first-order chi connectivity index (χ1) is 16.1. The molecule has 1 N–H and O–H groups in total. The van der Waals surface area contributed by atoms with Crippen LogP contribution in [-0.4, -0.2) is 50.9 Å². The van der Waals surface area contributed by atoms with Crippen molar-refractivity contribution in [2.45, 2.75) is 12.1 Å². The third kappa shape index (κ3) is 4.16. The molecule has 2 aliphatic rings. The fourth-order valence-electron chi connectivity index (χ4n) is 4.47. The Bertz CT molecular complexity index is 1170. The van der Waals surface area contributed by atoms with Crippen LogP contribution in [0.1, 0.15) is 20.8 Å². The molecule has 2 aromatic carbocycles. The Labute approximate surface area is 200 Å². The van der Waals surface area contributed by atoms with Gasteiger partial charge >= 0.3 is 6.09 Å². The summed E-state index contributed by atoms with van der Waals surface area (Å²) in [4.78, 5) is 34.9. The van der Waals surface area contributed by atoms with Gasteiger partial charge in [-0.25, -0.2) is 9.79 Å². The number of carbonyl (C=O) groups is 2. The highest BCUT2D eigenvalue weighted by Gasteiger charge is 2.53. The van der Waals surface area contributed by atoms with Crippen molar-refractivity contribution in [1.29, 1.82) is 0 Å². The minimum Gasteiger partial charge on any atom is -0.465 e. The molecule has 2 amide bonds. The van der Waals surface area contributed by atoms with Gasteiger partial charge in [-0.05, 0) is 29.1 Å². The number of thioether (sulfide) groups is 1. The molecule has 8 heteroatoms. The number of hydrogen-bond donors (Lipinski definition) is 1. The van der Waals surface area contributed by atoms with Gasteiger partial charge in [0.25, 0.3) is 5.91 Å². The summed E-state index contributed by atoms with van der Waals surface area (Å²) in [5, 5.41) is 12.3. The summed E-state index contributed by atoms with van der Waals surface area (Å²) in [6.07, 6.45) is -0.927. The Hall–Kier alpha value is -3.10. The lowest BCUT2D eigenvalue weighted by Crippen LogP contribution is -2.44. The van der Waals surface area contributed by atoms with E-state index in [0.29, 0.717) is 36.1 Å². The topological polar surface area (TPSA) is 73.2 Å². The van der Waals surface area contributed by atoms with Crippen LogP contribution in [0.3, 0.4) is 0 Å². The van der Waals surface area contributed by atoms with E-state index in [1.54, 1.807) is 16.2 Å². The van der Waals surface area contributed by atoms with Gasteiger partial charge in [0, 0.05) is 28.7 Å². The Morgan fingerprint density at radius 2 is 1.79 bits per heavy atom. The summed E-state index contributed by atoms with van der Waals surface area (Å²) in [6, 6.07) is 23.1. The van der Waals surface area contributed by atoms with Crippen molar-refractivity contribution in [3.05, 3.63) is 94.2 Å². The lowest BCUT2D eigenvalue weighted by atomic mass is 9.87. The Kier molecular flexibility index (Phi) is 5.95. The molecule has 0 aliphatic carbocycles. The van der Waals surface area contributed by atoms with Crippen LogP contribution < -0.4 is 0 Å². The number of amidine groups is 1. The van der Waals surface area contributed by atoms with Crippen LogP contribution in [0.15, 0.2) is 83.2 Å². The number of hydrogen-bond acceptors (Lipinski definition) is 5. The second-order valence-corrected chi connectivity index (χ2v) is 10.1. The van der Waals surface area contributed by atoms with Crippen LogP contribution in [0, 0.1) is 5.92 Å². The zero-order valence-corrected chi connectivity index (χ0v) is 19.5. The molecular weight excluding hydrogens is 454 g/mol. The quantitative estimate of drug-likeness (QED) is 0.574. The summed E-state index contributed by atoms with van der Waals surface area (Å²) in [7, 11) is 0. The number of aliphatic imine (C=N–C) groups is 1. The third-order valence-corrected chi connectivity index (χ3v) is 8.33. The average Bonchev–Trinajstić information content (AvgIpc) is 3.52. The van der Waals surface area contributed by atoms with E-state index < -0.39 is 11.6 Å². The lowest BCUT2D eigenvalue weighted by Gasteiger charge is -2.37. The van der Waals surface area contributed by atoms with Crippen molar-refractivity contribution < 1.29 is 14.7 Å². The summed E-state index contributed by atoms with van der Waals surface area (Å²) >= 11 is 3.13. The minimum absolute atomic E-state index is 0.0615. The maximum absolute atomic E-state index is 13.6. The lowest BCUT2D eigenvalue weighted by molar-refractivity contribution is 0.0841. The second-order valence-electron chi connectivity index (χ2n) is 8.21. The number of likely N-dealkylation sites (tertiary alicyclic amines) is 1. The first kappa shape index (κ1) is 21.7. The van der Waals surface area contributed by atoms with Gasteiger partial charge in [0.15, 0.2) is 5.17 Å². The molecule has 0 radical (unpaired) electrons. The zero-order valence-electron chi connectivity index (χ0n) is 17.8. The molecule has 0 bridgehead atoms. The first-order valence-electron chi connectivity index (χ1n) is 10.7. The van der Waals surface area contributed by atoms with Gasteiger partial charge < -0.3 is 10.0 Å². The number of thiophene rings is 1. The van der Waals surface area contributed by atoms with Gasteiger partial charge in [0.2, 0.25) is 0 Å². The molecular formula is C25H23N3O3S2. The SMILES string of the molecule is O=C(O)N1C[C@H]2CSC(N(Cc3ccccc3)C(=O)c3ccccc3)=N[C@@]2(c2cccs2)C1. The van der Waals surface area contributed by atoms with Gasteiger partial charge in [-0.1, -0.05) is 66.4 Å². The third-order valence-electron chi connectivity index (χ3n) is 6.16. The molecule has 3 aromatic rings. The number of fused-ring (bicyclic) bond motifs is 1. The average molecular weight is 478 g/mol. The molecule has 0 spiro atoms. The Morgan fingerprint density at radius 3 is 2.45 bits per heavy atom. The van der Waals surface area contributed by atoms with Crippen molar-refractivity contribution >= 4 is 40.3 Å². The molecule has 3 heterocycles. The number of carboxylic acid groups (broad SMARTS) is 1. The van der Waals surface area contributed by atoms with E-state index in [9.17, 15) is 14.7 Å². The van der Waals surface area contributed by atoms with Crippen molar-refractivity contribution in [2.24, 2.45) is 10.9 Å². The van der Waals surface area contributed by atoms with Crippen LogP contribution in [0.25, 0.3) is 0 Å². The standard InChI is InChI=1S/C25H23N3O3S2/c29-22(19-10-5-2-6-11-19)28(14-18-8-3-1-4-9-18)23-26-25(21-12-7-13-32-21)17-27(24(30)31)15-20(25)16-33-23/h1-13,20H,14-17H2,(H,30,31)/t20-,25-/m0/s1. The van der Waals surface area contributed by atoms with Crippen LogP contribution in [-0.2, 0) is 12.1 Å². The van der Waals surface area contributed by atoms with Gasteiger partial charge in [0.1, 0.15) is 5.54 Å². The molecule has 0 saturated carbocycles. The van der Waals surface area contributed by atoms with E-state index in [2.05, 4.69) is 0 Å². The summed E-state index contributed by atoms with van der Waals surface area (Å²) < 4.78 is 0. The van der Waals surface area contributed by atoms with E-state index in [0.717, 1.165) is 10.4 Å². The number of nitrogens with zero attached hydrogens (tertiary/aromatic N) is 3. The smallest absolute Gasteiger partial charge is 0.407 e. The van der Waals surface area contributed by atoms with E-state index in [4.69, 9.17) is 4.99 Å². The maximum atomic E-state index is 13.6. The minimum atomic E-state index is -0.927. The normalized spacial score (nSPS) is 21.9. The molecule has 0 unspecified atom stereocenters. The molecule has 2 atom stereocenters. The molecule has 5 rings (SSSR count). The van der Waals surface area contributed by atoms with E-state index in [1.165, 1.54) is 16.7 Å². The van der Waals surface area contributed by atoms with Crippen LogP contribution in [0.2, 0.25) is 0 Å². The van der Waals surface area contributed by atoms with E-state index in [1.807, 2.05) is 78.2 Å². The van der Waals surface area contributed by atoms with E-state index in [-0.39, 0.29) is 11.8 Å². The molecule has 1 saturated heterocycles. The molecule has 168 valence electrons. The number of carbonyl (C=O) groups excluding carboxylic acids is 1. The van der Waals surface area contributed by atoms with E-state index >= 15 is 0 Å². The zero-order chi connectivity index (χ0) is 22.8. The monoisotopic (exact) mass is 477 g/mol. The van der Waals surface area contributed by atoms with Gasteiger partial charge in [-0.2, -0.15) is 0 Å². The van der Waals surface area contributed by atoms with Crippen molar-refractivity contribution in [3.63, 3.8) is 0 Å². The molecule has 2 aliphatic heterocycles. The second kappa shape index (κ2) is 9.03. The summed E-state index contributed by atoms with van der Waals surface area (Å²) in [6.45, 7) is 1.15. The first-order valence-corrected chi connectivity index (χ1v) is 12.6. The fraction of sp³-hybridized carbons (Fsp3) is 0.240. The van der Waals surface area contributed by atoms with Gasteiger partial charge in [-0.15, -0.1) is 11.3 Å².